The molecule has 0 saturated carbocycles. The van der Waals surface area contributed by atoms with Crippen molar-refractivity contribution in [3.05, 3.63) is 64.5 Å². The van der Waals surface area contributed by atoms with Gasteiger partial charge in [-0.3, -0.25) is 9.78 Å². The van der Waals surface area contributed by atoms with Crippen molar-refractivity contribution in [1.82, 2.24) is 14.8 Å². The number of amides is 1. The molecular formula is C27H33N3O3. The second-order valence-electron chi connectivity index (χ2n) is 8.95. The molecule has 0 aliphatic carbocycles. The van der Waals surface area contributed by atoms with E-state index in [1.54, 1.807) is 14.2 Å². The standard InChI is InChI=1S/C27H33N3O3/c1-18-11-22-17-30(27(31)24(22)12-19(18)2)9-6-8-29(3)10-7-20-15-28-16-21-13-25(32-4)26(33-5)14-23(20)21/h11-16H,6-10,17H2,1-5H3. The van der Waals surface area contributed by atoms with E-state index < -0.39 is 0 Å². The van der Waals surface area contributed by atoms with Gasteiger partial charge in [0.05, 0.1) is 14.2 Å². The van der Waals surface area contributed by atoms with E-state index in [1.807, 2.05) is 35.5 Å². The van der Waals surface area contributed by atoms with Crippen molar-refractivity contribution in [1.29, 1.82) is 0 Å². The topological polar surface area (TPSA) is 54.9 Å². The molecule has 6 nitrogen and oxygen atoms in total. The van der Waals surface area contributed by atoms with Crippen LogP contribution in [0.1, 0.15) is 39.0 Å². The number of nitrogens with zero attached hydrogens (tertiary/aromatic N) is 3. The number of aryl methyl sites for hydroxylation is 2. The van der Waals surface area contributed by atoms with E-state index in [0.29, 0.717) is 5.75 Å². The Morgan fingerprint density at radius 2 is 1.73 bits per heavy atom. The molecule has 0 bridgehead atoms. The van der Waals surface area contributed by atoms with E-state index in [0.717, 1.165) is 66.7 Å². The Balaban J connectivity index is 1.32. The van der Waals surface area contributed by atoms with Crippen LogP contribution >= 0.6 is 0 Å². The van der Waals surface area contributed by atoms with Crippen LogP contribution in [-0.4, -0.2) is 61.6 Å². The van der Waals surface area contributed by atoms with E-state index in [9.17, 15) is 4.79 Å². The fraction of sp³-hybridized carbons (Fsp3) is 0.407. The third-order valence-electron chi connectivity index (χ3n) is 6.67. The van der Waals surface area contributed by atoms with Gasteiger partial charge in [0.25, 0.3) is 5.91 Å². The van der Waals surface area contributed by atoms with Gasteiger partial charge in [-0.1, -0.05) is 6.07 Å². The first-order valence-corrected chi connectivity index (χ1v) is 11.5. The van der Waals surface area contributed by atoms with Crippen molar-refractivity contribution in [2.75, 3.05) is 40.9 Å². The van der Waals surface area contributed by atoms with Crippen molar-refractivity contribution >= 4 is 16.7 Å². The molecule has 0 radical (unpaired) electrons. The highest BCUT2D eigenvalue weighted by atomic mass is 16.5. The van der Waals surface area contributed by atoms with Crippen LogP contribution in [0.25, 0.3) is 10.8 Å². The Morgan fingerprint density at radius 1 is 1.00 bits per heavy atom. The van der Waals surface area contributed by atoms with Crippen LogP contribution in [0.3, 0.4) is 0 Å². The summed E-state index contributed by atoms with van der Waals surface area (Å²) in [5.41, 5.74) is 5.66. The van der Waals surface area contributed by atoms with E-state index >= 15 is 0 Å². The molecule has 4 rings (SSSR count). The molecule has 1 aromatic heterocycles. The third kappa shape index (κ3) is 4.81. The predicted octanol–water partition coefficient (Wildman–Crippen LogP) is 4.39. The predicted molar refractivity (Wildman–Crippen MR) is 131 cm³/mol. The third-order valence-corrected chi connectivity index (χ3v) is 6.67. The van der Waals surface area contributed by atoms with Gasteiger partial charge in [-0.25, -0.2) is 0 Å². The molecule has 0 fully saturated rings. The van der Waals surface area contributed by atoms with E-state index in [1.165, 1.54) is 16.7 Å². The number of hydrogen-bond acceptors (Lipinski definition) is 5. The molecule has 6 heteroatoms. The first-order valence-electron chi connectivity index (χ1n) is 11.5. The van der Waals surface area contributed by atoms with Crippen LogP contribution in [-0.2, 0) is 13.0 Å². The first kappa shape index (κ1) is 23.1. The summed E-state index contributed by atoms with van der Waals surface area (Å²) in [6.07, 6.45) is 5.64. The van der Waals surface area contributed by atoms with Gasteiger partial charge in [0.1, 0.15) is 0 Å². The Kier molecular flexibility index (Phi) is 6.84. The highest BCUT2D eigenvalue weighted by Crippen LogP contribution is 2.33. The summed E-state index contributed by atoms with van der Waals surface area (Å²) in [4.78, 5) is 21.5. The number of aromatic nitrogens is 1. The monoisotopic (exact) mass is 447 g/mol. The average Bonchev–Trinajstić information content (AvgIpc) is 3.11. The van der Waals surface area contributed by atoms with Gasteiger partial charge in [-0.05, 0) is 86.1 Å². The number of rotatable bonds is 9. The Hall–Kier alpha value is -3.12. The summed E-state index contributed by atoms with van der Waals surface area (Å²) >= 11 is 0. The lowest BCUT2D eigenvalue weighted by Gasteiger charge is -2.20. The van der Waals surface area contributed by atoms with E-state index in [2.05, 4.69) is 36.8 Å². The molecule has 0 unspecified atom stereocenters. The number of likely N-dealkylation sites (N-methyl/N-ethyl adjacent to an activating group) is 1. The molecule has 1 aliphatic heterocycles. The number of pyridine rings is 1. The summed E-state index contributed by atoms with van der Waals surface area (Å²) in [7, 11) is 5.44. The maximum Gasteiger partial charge on any atom is 0.254 e. The minimum atomic E-state index is 0.168. The summed E-state index contributed by atoms with van der Waals surface area (Å²) in [5, 5.41) is 2.19. The summed E-state index contributed by atoms with van der Waals surface area (Å²) < 4.78 is 10.9. The van der Waals surface area contributed by atoms with Crippen molar-refractivity contribution in [2.45, 2.75) is 33.2 Å². The lowest BCUT2D eigenvalue weighted by Crippen LogP contribution is -2.29. The number of hydrogen-bond donors (Lipinski definition) is 0. The number of carbonyl (C=O) groups is 1. The van der Waals surface area contributed by atoms with Crippen LogP contribution in [0.2, 0.25) is 0 Å². The van der Waals surface area contributed by atoms with Gasteiger partial charge >= 0.3 is 0 Å². The molecule has 1 aliphatic rings. The first-order chi connectivity index (χ1) is 15.9. The van der Waals surface area contributed by atoms with Gasteiger partial charge < -0.3 is 19.3 Å². The maximum absolute atomic E-state index is 12.8. The molecule has 1 amide bonds. The Bertz CT molecular complexity index is 1170. The quantitative estimate of drug-likeness (QED) is 0.487. The van der Waals surface area contributed by atoms with Crippen molar-refractivity contribution in [3.63, 3.8) is 0 Å². The van der Waals surface area contributed by atoms with Crippen LogP contribution in [0.15, 0.2) is 36.7 Å². The Labute approximate surface area is 196 Å². The number of ether oxygens (including phenoxy) is 2. The lowest BCUT2D eigenvalue weighted by atomic mass is 10.0. The van der Waals surface area contributed by atoms with Gasteiger partial charge in [-0.15, -0.1) is 0 Å². The largest absolute Gasteiger partial charge is 0.493 e. The van der Waals surface area contributed by atoms with Crippen LogP contribution in [0, 0.1) is 13.8 Å². The molecule has 0 spiro atoms. The fourth-order valence-electron chi connectivity index (χ4n) is 4.54. The number of fused-ring (bicyclic) bond motifs is 2. The minimum absolute atomic E-state index is 0.168. The van der Waals surface area contributed by atoms with Crippen LogP contribution < -0.4 is 9.47 Å². The molecule has 33 heavy (non-hydrogen) atoms. The molecule has 3 aromatic rings. The van der Waals surface area contributed by atoms with Gasteiger partial charge in [0, 0.05) is 43.0 Å². The highest BCUT2D eigenvalue weighted by molar-refractivity contribution is 5.98. The number of benzene rings is 2. The molecule has 0 atom stereocenters. The van der Waals surface area contributed by atoms with Crippen molar-refractivity contribution < 1.29 is 14.3 Å². The average molecular weight is 448 g/mol. The van der Waals surface area contributed by atoms with Gasteiger partial charge in [0.15, 0.2) is 11.5 Å². The molecule has 174 valence electrons. The minimum Gasteiger partial charge on any atom is -0.493 e. The lowest BCUT2D eigenvalue weighted by molar-refractivity contribution is 0.0772. The van der Waals surface area contributed by atoms with Crippen molar-refractivity contribution in [2.24, 2.45) is 0 Å². The molecule has 2 aromatic carbocycles. The second kappa shape index (κ2) is 9.79. The van der Waals surface area contributed by atoms with Gasteiger partial charge in [-0.2, -0.15) is 0 Å². The van der Waals surface area contributed by atoms with Crippen molar-refractivity contribution in [3.8, 4) is 11.5 Å². The molecular weight excluding hydrogens is 414 g/mol. The summed E-state index contributed by atoms with van der Waals surface area (Å²) in [6, 6.07) is 8.22. The van der Waals surface area contributed by atoms with E-state index in [4.69, 9.17) is 9.47 Å². The van der Waals surface area contributed by atoms with E-state index in [-0.39, 0.29) is 5.91 Å². The van der Waals surface area contributed by atoms with Crippen LogP contribution in [0.4, 0.5) is 0 Å². The maximum atomic E-state index is 12.8. The molecule has 0 saturated heterocycles. The fourth-order valence-corrected chi connectivity index (χ4v) is 4.54. The van der Waals surface area contributed by atoms with Crippen LogP contribution in [0.5, 0.6) is 11.5 Å². The molecule has 0 N–H and O–H groups in total. The Morgan fingerprint density at radius 3 is 2.48 bits per heavy atom. The highest BCUT2D eigenvalue weighted by Gasteiger charge is 2.27. The SMILES string of the molecule is COc1cc2cncc(CCN(C)CCCN3Cc4cc(C)c(C)cc4C3=O)c2cc1OC. The smallest absolute Gasteiger partial charge is 0.254 e. The number of carbonyl (C=O) groups excluding carboxylic acids is 1. The summed E-state index contributed by atoms with van der Waals surface area (Å²) in [6.45, 7) is 7.54. The second-order valence-corrected chi connectivity index (χ2v) is 8.95. The zero-order valence-corrected chi connectivity index (χ0v) is 20.3. The normalized spacial score (nSPS) is 13.2. The zero-order chi connectivity index (χ0) is 23.5. The van der Waals surface area contributed by atoms with Gasteiger partial charge in [0.2, 0.25) is 0 Å². The molecule has 2 heterocycles. The zero-order valence-electron chi connectivity index (χ0n) is 20.3. The summed E-state index contributed by atoms with van der Waals surface area (Å²) in [5.74, 6) is 1.61. The number of methoxy groups -OCH3 is 2.